The van der Waals surface area contributed by atoms with Crippen LogP contribution in [0.15, 0.2) is 71.6 Å². The number of hydrazine groups is 1. The van der Waals surface area contributed by atoms with E-state index in [4.69, 9.17) is 9.47 Å². The van der Waals surface area contributed by atoms with Crippen LogP contribution in [0.3, 0.4) is 0 Å². The number of nitrogens with one attached hydrogen (secondary N) is 3. The van der Waals surface area contributed by atoms with Crippen LogP contribution in [0.5, 0.6) is 11.5 Å². The third-order valence-electron chi connectivity index (χ3n) is 4.46. The number of amides is 2. The second kappa shape index (κ2) is 10.0. The van der Waals surface area contributed by atoms with Crippen molar-refractivity contribution in [3.63, 3.8) is 0 Å². The molecule has 0 saturated carbocycles. The second-order valence-electron chi connectivity index (χ2n) is 6.61. The third kappa shape index (κ3) is 5.77. The van der Waals surface area contributed by atoms with Gasteiger partial charge < -0.3 is 9.47 Å². The van der Waals surface area contributed by atoms with Crippen molar-refractivity contribution in [1.82, 2.24) is 10.9 Å². The largest absolute Gasteiger partial charge is 0.493 e. The van der Waals surface area contributed by atoms with Crippen molar-refractivity contribution in [1.29, 1.82) is 0 Å². The topological polar surface area (TPSA) is 123 Å². The smallest absolute Gasteiger partial charge is 0.269 e. The van der Waals surface area contributed by atoms with Gasteiger partial charge >= 0.3 is 0 Å². The van der Waals surface area contributed by atoms with Gasteiger partial charge in [0.2, 0.25) is 0 Å². The normalized spacial score (nSPS) is 10.8. The molecule has 3 aromatic carbocycles. The predicted octanol–water partition coefficient (Wildman–Crippen LogP) is 2.72. The summed E-state index contributed by atoms with van der Waals surface area (Å²) in [7, 11) is -1.04. The highest BCUT2D eigenvalue weighted by molar-refractivity contribution is 7.92. The van der Waals surface area contributed by atoms with Crippen molar-refractivity contribution in [2.24, 2.45) is 0 Å². The van der Waals surface area contributed by atoms with Crippen LogP contribution < -0.4 is 25.0 Å². The van der Waals surface area contributed by atoms with E-state index in [2.05, 4.69) is 15.6 Å². The first-order valence-corrected chi connectivity index (χ1v) is 10.9. The van der Waals surface area contributed by atoms with Crippen molar-refractivity contribution in [3.05, 3.63) is 83.7 Å². The van der Waals surface area contributed by atoms with E-state index in [0.717, 1.165) is 12.1 Å². The summed E-state index contributed by atoms with van der Waals surface area (Å²) in [6.07, 6.45) is 0. The Morgan fingerprint density at radius 1 is 0.758 bits per heavy atom. The van der Waals surface area contributed by atoms with Crippen LogP contribution in [0.1, 0.15) is 20.7 Å². The second-order valence-corrected chi connectivity index (χ2v) is 8.30. The van der Waals surface area contributed by atoms with Gasteiger partial charge in [-0.05, 0) is 66.7 Å². The van der Waals surface area contributed by atoms with Crippen molar-refractivity contribution in [2.45, 2.75) is 4.90 Å². The molecule has 3 aromatic rings. The molecule has 0 fully saturated rings. The number of hydrogen-bond acceptors (Lipinski definition) is 6. The van der Waals surface area contributed by atoms with Gasteiger partial charge in [-0.25, -0.2) is 12.8 Å². The van der Waals surface area contributed by atoms with Crippen molar-refractivity contribution in [3.8, 4) is 11.5 Å². The molecule has 0 unspecified atom stereocenters. The van der Waals surface area contributed by atoms with Gasteiger partial charge in [-0.3, -0.25) is 25.2 Å². The third-order valence-corrected chi connectivity index (χ3v) is 5.86. The fourth-order valence-corrected chi connectivity index (χ4v) is 3.81. The van der Waals surface area contributed by atoms with Crippen LogP contribution in [0, 0.1) is 5.82 Å². The molecule has 3 rings (SSSR count). The number of sulfonamides is 1. The summed E-state index contributed by atoms with van der Waals surface area (Å²) in [5, 5.41) is 0. The maximum Gasteiger partial charge on any atom is 0.269 e. The Bertz CT molecular complexity index is 1260. The number of benzene rings is 3. The Kier molecular flexibility index (Phi) is 7.13. The highest BCUT2D eigenvalue weighted by atomic mass is 32.2. The molecule has 11 heteroatoms. The van der Waals surface area contributed by atoms with Gasteiger partial charge in [-0.1, -0.05) is 0 Å². The van der Waals surface area contributed by atoms with Gasteiger partial charge in [0.1, 0.15) is 5.82 Å². The molecule has 0 saturated heterocycles. The molecule has 2 amide bonds. The number of carbonyl (C=O) groups is 2. The van der Waals surface area contributed by atoms with Crippen molar-refractivity contribution < 1.29 is 31.9 Å². The molecule has 0 aromatic heterocycles. The van der Waals surface area contributed by atoms with Crippen LogP contribution in [0.2, 0.25) is 0 Å². The molecule has 0 spiro atoms. The molecule has 33 heavy (non-hydrogen) atoms. The van der Waals surface area contributed by atoms with Crippen LogP contribution in [-0.2, 0) is 10.0 Å². The lowest BCUT2D eigenvalue weighted by Gasteiger charge is -2.11. The van der Waals surface area contributed by atoms with Crippen LogP contribution in [0.25, 0.3) is 0 Å². The van der Waals surface area contributed by atoms with Crippen molar-refractivity contribution in [2.75, 3.05) is 18.9 Å². The highest BCUT2D eigenvalue weighted by Crippen LogP contribution is 2.27. The lowest BCUT2D eigenvalue weighted by Crippen LogP contribution is -2.41. The molecule has 0 radical (unpaired) electrons. The number of rotatable bonds is 7. The predicted molar refractivity (Wildman–Crippen MR) is 118 cm³/mol. The Morgan fingerprint density at radius 2 is 1.30 bits per heavy atom. The number of hydrogen-bond donors (Lipinski definition) is 3. The molecule has 0 aliphatic carbocycles. The van der Waals surface area contributed by atoms with E-state index in [1.54, 1.807) is 6.07 Å². The van der Waals surface area contributed by atoms with Gasteiger partial charge in [-0.2, -0.15) is 0 Å². The minimum absolute atomic E-state index is 0.0993. The van der Waals surface area contributed by atoms with E-state index < -0.39 is 27.7 Å². The summed E-state index contributed by atoms with van der Waals surface area (Å²) in [6.45, 7) is 0. The minimum atomic E-state index is -3.94. The number of ether oxygens (including phenoxy) is 2. The molecular weight excluding hydrogens is 453 g/mol. The number of methoxy groups -OCH3 is 2. The van der Waals surface area contributed by atoms with Crippen molar-refractivity contribution >= 4 is 27.5 Å². The summed E-state index contributed by atoms with van der Waals surface area (Å²) in [5.74, 6) is -0.942. The maximum absolute atomic E-state index is 13.0. The molecule has 0 bridgehead atoms. The lowest BCUT2D eigenvalue weighted by molar-refractivity contribution is 0.0846. The zero-order chi connectivity index (χ0) is 24.0. The van der Waals surface area contributed by atoms with Crippen LogP contribution in [0.4, 0.5) is 10.1 Å². The Morgan fingerprint density at radius 3 is 1.88 bits per heavy atom. The van der Waals surface area contributed by atoms with Gasteiger partial charge in [0.25, 0.3) is 21.8 Å². The van der Waals surface area contributed by atoms with Gasteiger partial charge in [0.05, 0.1) is 19.1 Å². The van der Waals surface area contributed by atoms with E-state index >= 15 is 0 Å². The number of carbonyl (C=O) groups excluding carboxylic acids is 2. The first-order valence-electron chi connectivity index (χ1n) is 9.44. The average Bonchev–Trinajstić information content (AvgIpc) is 2.83. The van der Waals surface area contributed by atoms with Gasteiger partial charge in [0, 0.05) is 16.8 Å². The number of anilines is 1. The van der Waals surface area contributed by atoms with Crippen LogP contribution in [-0.4, -0.2) is 34.5 Å². The lowest BCUT2D eigenvalue weighted by atomic mass is 10.2. The molecule has 9 nitrogen and oxygen atoms in total. The molecule has 0 aliphatic heterocycles. The zero-order valence-corrected chi connectivity index (χ0v) is 18.4. The summed E-state index contributed by atoms with van der Waals surface area (Å²) < 4.78 is 50.5. The van der Waals surface area contributed by atoms with E-state index in [1.165, 1.54) is 62.8 Å². The SMILES string of the molecule is COc1ccc(C(=O)NNC(=O)c2ccc(S(=O)(=O)Nc3ccc(F)cc3)cc2)cc1OC. The molecule has 0 heterocycles. The molecule has 172 valence electrons. The minimum Gasteiger partial charge on any atom is -0.493 e. The Hall–Kier alpha value is -4.12. The first kappa shape index (κ1) is 23.5. The summed E-state index contributed by atoms with van der Waals surface area (Å²) >= 11 is 0. The highest BCUT2D eigenvalue weighted by Gasteiger charge is 2.16. The Balaban J connectivity index is 1.63. The number of halogens is 1. The van der Waals surface area contributed by atoms with E-state index in [9.17, 15) is 22.4 Å². The molecular formula is C22H20FN3O6S. The molecule has 0 aliphatic rings. The van der Waals surface area contributed by atoms with E-state index in [1.807, 2.05) is 0 Å². The van der Waals surface area contributed by atoms with Gasteiger partial charge in [0.15, 0.2) is 11.5 Å². The van der Waals surface area contributed by atoms with Crippen LogP contribution >= 0.6 is 0 Å². The molecule has 0 atom stereocenters. The fourth-order valence-electron chi connectivity index (χ4n) is 2.75. The van der Waals surface area contributed by atoms with Gasteiger partial charge in [-0.15, -0.1) is 0 Å². The molecule has 3 N–H and O–H groups in total. The standard InChI is InChI=1S/C22H20FN3O6S/c1-31-19-12-5-15(13-20(19)32-2)22(28)25-24-21(27)14-3-10-18(11-4-14)33(29,30)26-17-8-6-16(23)7-9-17/h3-13,26H,1-2H3,(H,24,27)(H,25,28). The first-order chi connectivity index (χ1) is 15.7. The monoisotopic (exact) mass is 473 g/mol. The van der Waals surface area contributed by atoms with E-state index in [-0.39, 0.29) is 21.7 Å². The maximum atomic E-state index is 13.0. The summed E-state index contributed by atoms with van der Waals surface area (Å²) in [6, 6.07) is 14.4. The quantitative estimate of drug-likeness (QED) is 0.454. The summed E-state index contributed by atoms with van der Waals surface area (Å²) in [5.41, 5.74) is 5.06. The fraction of sp³-hybridized carbons (Fsp3) is 0.0909. The summed E-state index contributed by atoms with van der Waals surface area (Å²) in [4.78, 5) is 24.5. The zero-order valence-electron chi connectivity index (χ0n) is 17.6. The Labute approximate surface area is 189 Å². The average molecular weight is 473 g/mol. The van der Waals surface area contributed by atoms with E-state index in [0.29, 0.717) is 11.5 Å².